The van der Waals surface area contributed by atoms with Gasteiger partial charge in [0.25, 0.3) is 10.0 Å². The fraction of sp³-hybridized carbons (Fsp3) is 0.350. The van der Waals surface area contributed by atoms with Gasteiger partial charge in [0, 0.05) is 11.7 Å². The van der Waals surface area contributed by atoms with Gasteiger partial charge in [-0.2, -0.15) is 0 Å². The van der Waals surface area contributed by atoms with Gasteiger partial charge in [0.15, 0.2) is 0 Å². The molecule has 0 bridgehead atoms. The van der Waals surface area contributed by atoms with Gasteiger partial charge in [0.05, 0.1) is 17.4 Å². The smallest absolute Gasteiger partial charge is 0.261 e. The van der Waals surface area contributed by atoms with E-state index < -0.39 is 15.8 Å². The minimum Gasteiger partial charge on any atom is -0.393 e. The Labute approximate surface area is 163 Å². The maximum absolute atomic E-state index is 13.0. The van der Waals surface area contributed by atoms with Crippen LogP contribution in [0.15, 0.2) is 53.4 Å². The normalized spacial score (nSPS) is 19.8. The molecule has 0 aliphatic heterocycles. The summed E-state index contributed by atoms with van der Waals surface area (Å²) in [5.74, 6) is -0.605. The van der Waals surface area contributed by atoms with E-state index in [9.17, 15) is 22.7 Å². The molecule has 2 aromatic rings. The number of amides is 1. The van der Waals surface area contributed by atoms with E-state index in [1.54, 1.807) is 24.3 Å². The van der Waals surface area contributed by atoms with Crippen molar-refractivity contribution in [2.75, 3.05) is 4.72 Å². The fourth-order valence-electron chi connectivity index (χ4n) is 3.20. The van der Waals surface area contributed by atoms with Crippen molar-refractivity contribution in [3.05, 3.63) is 59.9 Å². The molecular formula is C20H23FN2O4S. The first-order valence-electron chi connectivity index (χ1n) is 9.16. The van der Waals surface area contributed by atoms with E-state index in [0.29, 0.717) is 18.5 Å². The third-order valence-electron chi connectivity index (χ3n) is 4.76. The third-order valence-corrected chi connectivity index (χ3v) is 6.15. The Morgan fingerprint density at radius 2 is 1.61 bits per heavy atom. The largest absolute Gasteiger partial charge is 0.393 e. The monoisotopic (exact) mass is 406 g/mol. The summed E-state index contributed by atoms with van der Waals surface area (Å²) in [6.45, 7) is 0. The molecule has 150 valence electrons. The summed E-state index contributed by atoms with van der Waals surface area (Å²) in [6, 6.07) is 11.2. The molecule has 1 aliphatic carbocycles. The van der Waals surface area contributed by atoms with Gasteiger partial charge in [0.1, 0.15) is 5.82 Å². The SMILES string of the molecule is O=C(Cc1ccc(NS(=O)(=O)c2ccc(F)cc2)cc1)NC1CCC(O)CC1. The summed E-state index contributed by atoms with van der Waals surface area (Å²) in [5, 5.41) is 12.5. The van der Waals surface area contributed by atoms with Crippen molar-refractivity contribution in [2.45, 2.75) is 49.1 Å². The molecule has 0 aromatic heterocycles. The predicted octanol–water partition coefficient (Wildman–Crippen LogP) is 2.59. The lowest BCUT2D eigenvalue weighted by Crippen LogP contribution is -2.39. The predicted molar refractivity (Wildman–Crippen MR) is 104 cm³/mol. The number of hydrogen-bond acceptors (Lipinski definition) is 4. The third kappa shape index (κ3) is 5.53. The number of sulfonamides is 1. The number of aliphatic hydroxyl groups excluding tert-OH is 1. The number of carbonyl (C=O) groups is 1. The summed E-state index contributed by atoms with van der Waals surface area (Å²) in [4.78, 5) is 12.1. The van der Waals surface area contributed by atoms with Crippen molar-refractivity contribution in [1.29, 1.82) is 0 Å². The molecule has 1 aliphatic rings. The zero-order chi connectivity index (χ0) is 20.1. The molecule has 0 unspecified atom stereocenters. The number of halogens is 1. The van der Waals surface area contributed by atoms with Crippen LogP contribution in [-0.2, 0) is 21.2 Å². The van der Waals surface area contributed by atoms with Crippen LogP contribution in [0.2, 0.25) is 0 Å². The number of aliphatic hydroxyl groups is 1. The molecule has 3 rings (SSSR count). The van der Waals surface area contributed by atoms with E-state index >= 15 is 0 Å². The topological polar surface area (TPSA) is 95.5 Å². The summed E-state index contributed by atoms with van der Waals surface area (Å²) in [6.07, 6.45) is 2.89. The second kappa shape index (κ2) is 8.70. The van der Waals surface area contributed by atoms with Gasteiger partial charge in [-0.25, -0.2) is 12.8 Å². The summed E-state index contributed by atoms with van der Waals surface area (Å²) in [5.41, 5.74) is 1.12. The highest BCUT2D eigenvalue weighted by molar-refractivity contribution is 7.92. The Kier molecular flexibility index (Phi) is 6.31. The van der Waals surface area contributed by atoms with E-state index in [0.717, 1.165) is 30.5 Å². The molecule has 6 nitrogen and oxygen atoms in total. The highest BCUT2D eigenvalue weighted by atomic mass is 32.2. The molecular weight excluding hydrogens is 383 g/mol. The molecule has 0 radical (unpaired) electrons. The summed E-state index contributed by atoms with van der Waals surface area (Å²) < 4.78 is 40.0. The zero-order valence-electron chi connectivity index (χ0n) is 15.3. The number of hydrogen-bond donors (Lipinski definition) is 3. The summed E-state index contributed by atoms with van der Waals surface area (Å²) in [7, 11) is -3.81. The van der Waals surface area contributed by atoms with Crippen LogP contribution in [0.4, 0.5) is 10.1 Å². The quantitative estimate of drug-likeness (QED) is 0.687. The molecule has 0 atom stereocenters. The van der Waals surface area contributed by atoms with Crippen molar-refractivity contribution < 1.29 is 22.7 Å². The highest BCUT2D eigenvalue weighted by Gasteiger charge is 2.20. The Balaban J connectivity index is 1.56. The average molecular weight is 406 g/mol. The lowest BCUT2D eigenvalue weighted by atomic mass is 9.93. The van der Waals surface area contributed by atoms with E-state index in [1.165, 1.54) is 12.1 Å². The molecule has 0 heterocycles. The molecule has 0 spiro atoms. The van der Waals surface area contributed by atoms with Crippen LogP contribution < -0.4 is 10.0 Å². The lowest BCUT2D eigenvalue weighted by molar-refractivity contribution is -0.121. The second-order valence-corrected chi connectivity index (χ2v) is 8.69. The van der Waals surface area contributed by atoms with E-state index in [1.807, 2.05) is 0 Å². The molecule has 0 saturated heterocycles. The van der Waals surface area contributed by atoms with Crippen molar-refractivity contribution in [1.82, 2.24) is 5.32 Å². The van der Waals surface area contributed by atoms with Crippen molar-refractivity contribution in [2.24, 2.45) is 0 Å². The van der Waals surface area contributed by atoms with Crippen LogP contribution in [0.25, 0.3) is 0 Å². The molecule has 1 fully saturated rings. The first-order chi connectivity index (χ1) is 13.3. The Morgan fingerprint density at radius 3 is 2.21 bits per heavy atom. The first kappa shape index (κ1) is 20.3. The molecule has 3 N–H and O–H groups in total. The molecule has 8 heteroatoms. The van der Waals surface area contributed by atoms with Crippen LogP contribution in [0.5, 0.6) is 0 Å². The van der Waals surface area contributed by atoms with Gasteiger partial charge < -0.3 is 10.4 Å². The number of carbonyl (C=O) groups excluding carboxylic acids is 1. The Bertz CT molecular complexity index is 906. The van der Waals surface area contributed by atoms with Gasteiger partial charge in [-0.05, 0) is 67.6 Å². The highest BCUT2D eigenvalue weighted by Crippen LogP contribution is 2.19. The molecule has 1 amide bonds. The van der Waals surface area contributed by atoms with E-state index in [-0.39, 0.29) is 29.4 Å². The van der Waals surface area contributed by atoms with Gasteiger partial charge in [-0.15, -0.1) is 0 Å². The lowest BCUT2D eigenvalue weighted by Gasteiger charge is -2.26. The Hall–Kier alpha value is -2.45. The standard InChI is InChI=1S/C20H23FN2O4S/c21-15-3-11-19(12-4-15)28(26,27)23-17-5-1-14(2-6-17)13-20(25)22-16-7-9-18(24)10-8-16/h1-6,11-12,16,18,23-24H,7-10,13H2,(H,22,25). The van der Waals surface area contributed by atoms with E-state index in [4.69, 9.17) is 0 Å². The number of rotatable bonds is 6. The molecule has 2 aromatic carbocycles. The Morgan fingerprint density at radius 1 is 1.00 bits per heavy atom. The van der Waals surface area contributed by atoms with E-state index in [2.05, 4.69) is 10.0 Å². The van der Waals surface area contributed by atoms with Crippen molar-refractivity contribution >= 4 is 21.6 Å². The molecule has 1 saturated carbocycles. The van der Waals surface area contributed by atoms with Gasteiger partial charge in [-0.1, -0.05) is 12.1 Å². The van der Waals surface area contributed by atoms with Crippen LogP contribution in [0, 0.1) is 5.82 Å². The average Bonchev–Trinajstić information content (AvgIpc) is 2.65. The van der Waals surface area contributed by atoms with Crippen LogP contribution in [0.1, 0.15) is 31.2 Å². The minimum absolute atomic E-state index is 0.0324. The first-order valence-corrected chi connectivity index (χ1v) is 10.6. The maximum atomic E-state index is 13.0. The second-order valence-electron chi connectivity index (χ2n) is 7.01. The minimum atomic E-state index is -3.81. The van der Waals surface area contributed by atoms with Crippen LogP contribution in [-0.4, -0.2) is 31.6 Å². The van der Waals surface area contributed by atoms with Gasteiger partial charge in [-0.3, -0.25) is 9.52 Å². The number of anilines is 1. The van der Waals surface area contributed by atoms with Crippen LogP contribution in [0.3, 0.4) is 0 Å². The number of nitrogens with one attached hydrogen (secondary N) is 2. The maximum Gasteiger partial charge on any atom is 0.261 e. The van der Waals surface area contributed by atoms with Crippen molar-refractivity contribution in [3.8, 4) is 0 Å². The van der Waals surface area contributed by atoms with Crippen LogP contribution >= 0.6 is 0 Å². The fourth-order valence-corrected chi connectivity index (χ4v) is 4.26. The zero-order valence-corrected chi connectivity index (χ0v) is 16.1. The summed E-state index contributed by atoms with van der Waals surface area (Å²) >= 11 is 0. The van der Waals surface area contributed by atoms with Gasteiger partial charge >= 0.3 is 0 Å². The van der Waals surface area contributed by atoms with Crippen molar-refractivity contribution in [3.63, 3.8) is 0 Å². The number of benzene rings is 2. The van der Waals surface area contributed by atoms with Gasteiger partial charge in [0.2, 0.25) is 5.91 Å². The molecule has 28 heavy (non-hydrogen) atoms.